The fourth-order valence-corrected chi connectivity index (χ4v) is 4.92. The number of carbonyl (C=O) groups is 1. The van der Waals surface area contributed by atoms with Gasteiger partial charge in [0.05, 0.1) is 30.0 Å². The zero-order chi connectivity index (χ0) is 20.3. The van der Waals surface area contributed by atoms with Crippen LogP contribution in [0, 0.1) is 0 Å². The normalized spacial score (nSPS) is 18.0. The van der Waals surface area contributed by atoms with E-state index in [0.717, 1.165) is 18.9 Å². The molecule has 0 atom stereocenters. The van der Waals surface area contributed by atoms with E-state index in [0.29, 0.717) is 37.6 Å². The van der Waals surface area contributed by atoms with Gasteiger partial charge in [-0.25, -0.2) is 13.4 Å². The van der Waals surface area contributed by atoms with Crippen LogP contribution in [0.15, 0.2) is 47.5 Å². The van der Waals surface area contributed by atoms with Crippen molar-refractivity contribution in [2.45, 2.75) is 17.7 Å². The van der Waals surface area contributed by atoms with Gasteiger partial charge in [-0.15, -0.1) is 0 Å². The molecule has 29 heavy (non-hydrogen) atoms. The molecule has 2 aliphatic rings. The first kappa shape index (κ1) is 19.8. The first-order valence-corrected chi connectivity index (χ1v) is 11.2. The predicted molar refractivity (Wildman–Crippen MR) is 110 cm³/mol. The number of ether oxygens (including phenoxy) is 1. The fourth-order valence-electron chi connectivity index (χ4n) is 3.51. The maximum absolute atomic E-state index is 12.7. The second-order valence-electron chi connectivity index (χ2n) is 7.09. The summed E-state index contributed by atoms with van der Waals surface area (Å²) in [5.41, 5.74) is 0.984. The Morgan fingerprint density at radius 1 is 0.966 bits per heavy atom. The van der Waals surface area contributed by atoms with Gasteiger partial charge in [0, 0.05) is 31.7 Å². The van der Waals surface area contributed by atoms with Crippen LogP contribution in [-0.4, -0.2) is 63.0 Å². The third kappa shape index (κ3) is 4.42. The second kappa shape index (κ2) is 8.48. The number of hydrogen-bond acceptors (Lipinski definition) is 6. The van der Waals surface area contributed by atoms with Crippen LogP contribution in [0.25, 0.3) is 0 Å². The summed E-state index contributed by atoms with van der Waals surface area (Å²) in [4.78, 5) is 19.3. The Kier molecular flexibility index (Phi) is 5.79. The van der Waals surface area contributed by atoms with E-state index in [4.69, 9.17) is 4.74 Å². The van der Waals surface area contributed by atoms with Crippen LogP contribution >= 0.6 is 0 Å². The van der Waals surface area contributed by atoms with Gasteiger partial charge in [0.1, 0.15) is 5.82 Å². The molecule has 0 unspecified atom stereocenters. The third-order valence-corrected chi connectivity index (χ3v) is 7.07. The summed E-state index contributed by atoms with van der Waals surface area (Å²) >= 11 is 0. The van der Waals surface area contributed by atoms with Crippen LogP contribution in [0.5, 0.6) is 0 Å². The Bertz CT molecular complexity index is 949. The molecule has 2 fully saturated rings. The summed E-state index contributed by atoms with van der Waals surface area (Å²) < 4.78 is 31.9. The number of nitrogens with one attached hydrogen (secondary N) is 1. The molecule has 2 aromatic rings. The van der Waals surface area contributed by atoms with Crippen LogP contribution in [0.4, 0.5) is 11.5 Å². The molecular weight excluding hydrogens is 392 g/mol. The average molecular weight is 417 g/mol. The largest absolute Gasteiger partial charge is 0.379 e. The minimum atomic E-state index is -3.57. The highest BCUT2D eigenvalue weighted by Crippen LogP contribution is 2.20. The number of rotatable bonds is 5. The zero-order valence-corrected chi connectivity index (χ0v) is 16.9. The number of amides is 1. The monoisotopic (exact) mass is 416 g/mol. The molecule has 0 radical (unpaired) electrons. The third-order valence-electron chi connectivity index (χ3n) is 5.16. The lowest BCUT2D eigenvalue weighted by Crippen LogP contribution is -2.40. The molecule has 1 aromatic heterocycles. The molecule has 0 bridgehead atoms. The molecule has 9 heteroatoms. The molecule has 1 N–H and O–H groups in total. The van der Waals surface area contributed by atoms with Crippen LogP contribution < -0.4 is 10.2 Å². The molecule has 3 heterocycles. The Morgan fingerprint density at radius 2 is 1.66 bits per heavy atom. The van der Waals surface area contributed by atoms with Crippen molar-refractivity contribution in [2.24, 2.45) is 0 Å². The van der Waals surface area contributed by atoms with Gasteiger partial charge in [0.2, 0.25) is 10.0 Å². The SMILES string of the molecule is O=C(Nc1ccc(N2CCCC2)nc1)c1ccc(S(=O)(=O)N2CCOCC2)cc1. The van der Waals surface area contributed by atoms with Gasteiger partial charge < -0.3 is 15.0 Å². The lowest BCUT2D eigenvalue weighted by atomic mass is 10.2. The Morgan fingerprint density at radius 3 is 2.28 bits per heavy atom. The van der Waals surface area contributed by atoms with Crippen LogP contribution in [0.2, 0.25) is 0 Å². The summed E-state index contributed by atoms with van der Waals surface area (Å²) in [6.07, 6.45) is 4.00. The van der Waals surface area contributed by atoms with Crippen LogP contribution in [0.3, 0.4) is 0 Å². The Labute approximate surface area is 170 Å². The lowest BCUT2D eigenvalue weighted by molar-refractivity contribution is 0.0730. The van der Waals surface area contributed by atoms with E-state index in [1.807, 2.05) is 12.1 Å². The number of benzene rings is 1. The number of hydrogen-bond donors (Lipinski definition) is 1. The van der Waals surface area contributed by atoms with Gasteiger partial charge in [-0.1, -0.05) is 0 Å². The Balaban J connectivity index is 1.41. The zero-order valence-electron chi connectivity index (χ0n) is 16.1. The summed E-state index contributed by atoms with van der Waals surface area (Å²) in [6, 6.07) is 9.71. The number of carbonyl (C=O) groups excluding carboxylic acids is 1. The van der Waals surface area contributed by atoms with Gasteiger partial charge in [0.25, 0.3) is 5.91 Å². The molecule has 1 amide bonds. The van der Waals surface area contributed by atoms with E-state index in [2.05, 4.69) is 15.2 Å². The average Bonchev–Trinajstić information content (AvgIpc) is 3.30. The highest BCUT2D eigenvalue weighted by Gasteiger charge is 2.26. The number of aromatic nitrogens is 1. The minimum absolute atomic E-state index is 0.174. The van der Waals surface area contributed by atoms with Crippen LogP contribution in [-0.2, 0) is 14.8 Å². The maximum Gasteiger partial charge on any atom is 0.255 e. The molecular formula is C20H24N4O4S. The minimum Gasteiger partial charge on any atom is -0.379 e. The van der Waals surface area contributed by atoms with Crippen molar-refractivity contribution in [1.82, 2.24) is 9.29 Å². The van der Waals surface area contributed by atoms with Crippen molar-refractivity contribution in [3.05, 3.63) is 48.2 Å². The molecule has 154 valence electrons. The van der Waals surface area contributed by atoms with Crippen LogP contribution in [0.1, 0.15) is 23.2 Å². The van der Waals surface area contributed by atoms with Crippen molar-refractivity contribution < 1.29 is 17.9 Å². The van der Waals surface area contributed by atoms with E-state index in [1.54, 1.807) is 6.20 Å². The predicted octanol–water partition coefficient (Wildman–Crippen LogP) is 1.95. The van der Waals surface area contributed by atoms with Crippen molar-refractivity contribution >= 4 is 27.4 Å². The summed E-state index contributed by atoms with van der Waals surface area (Å²) in [5.74, 6) is 0.606. The molecule has 2 aliphatic heterocycles. The number of nitrogens with zero attached hydrogens (tertiary/aromatic N) is 3. The maximum atomic E-state index is 12.7. The van der Waals surface area contributed by atoms with Gasteiger partial charge in [0.15, 0.2) is 0 Å². The van der Waals surface area contributed by atoms with E-state index < -0.39 is 10.0 Å². The van der Waals surface area contributed by atoms with Gasteiger partial charge in [-0.3, -0.25) is 4.79 Å². The second-order valence-corrected chi connectivity index (χ2v) is 9.03. The quantitative estimate of drug-likeness (QED) is 0.801. The van der Waals surface area contributed by atoms with Gasteiger partial charge >= 0.3 is 0 Å². The lowest BCUT2D eigenvalue weighted by Gasteiger charge is -2.26. The molecule has 0 spiro atoms. The summed E-state index contributed by atoms with van der Waals surface area (Å²) in [6.45, 7) is 3.49. The van der Waals surface area contributed by atoms with Crippen molar-refractivity contribution in [3.8, 4) is 0 Å². The molecule has 4 rings (SSSR count). The first-order valence-electron chi connectivity index (χ1n) is 9.74. The van der Waals surface area contributed by atoms with E-state index in [9.17, 15) is 13.2 Å². The van der Waals surface area contributed by atoms with Crippen molar-refractivity contribution in [2.75, 3.05) is 49.6 Å². The molecule has 0 saturated carbocycles. The number of sulfonamides is 1. The molecule has 1 aromatic carbocycles. The Hall–Kier alpha value is -2.49. The molecule has 0 aliphatic carbocycles. The molecule has 8 nitrogen and oxygen atoms in total. The fraction of sp³-hybridized carbons (Fsp3) is 0.400. The molecule has 2 saturated heterocycles. The van der Waals surface area contributed by atoms with E-state index >= 15 is 0 Å². The smallest absolute Gasteiger partial charge is 0.255 e. The van der Waals surface area contributed by atoms with E-state index in [-0.39, 0.29) is 10.8 Å². The van der Waals surface area contributed by atoms with E-state index in [1.165, 1.54) is 41.4 Å². The summed E-state index contributed by atoms with van der Waals surface area (Å²) in [7, 11) is -3.57. The number of pyridine rings is 1. The van der Waals surface area contributed by atoms with Gasteiger partial charge in [-0.05, 0) is 49.2 Å². The highest BCUT2D eigenvalue weighted by molar-refractivity contribution is 7.89. The van der Waals surface area contributed by atoms with Crippen molar-refractivity contribution in [3.63, 3.8) is 0 Å². The van der Waals surface area contributed by atoms with Gasteiger partial charge in [-0.2, -0.15) is 4.31 Å². The van der Waals surface area contributed by atoms with Crippen molar-refractivity contribution in [1.29, 1.82) is 0 Å². The number of anilines is 2. The summed E-state index contributed by atoms with van der Waals surface area (Å²) in [5, 5.41) is 2.80. The highest BCUT2D eigenvalue weighted by atomic mass is 32.2. The topological polar surface area (TPSA) is 91.8 Å². The first-order chi connectivity index (χ1) is 14.0. The number of morpholine rings is 1. The standard InChI is InChI=1S/C20H24N4O4S/c25-20(22-17-5-8-19(21-15-17)23-9-1-2-10-23)16-3-6-18(7-4-16)29(26,27)24-11-13-28-14-12-24/h3-8,15H,1-2,9-14H2,(H,22,25).